The summed E-state index contributed by atoms with van der Waals surface area (Å²) >= 11 is 0. The van der Waals surface area contributed by atoms with E-state index >= 15 is 0 Å². The molecular formula is C25H22FN3O4. The van der Waals surface area contributed by atoms with Gasteiger partial charge >= 0.3 is 5.97 Å². The van der Waals surface area contributed by atoms with Crippen LogP contribution in [0, 0.1) is 5.82 Å². The molecule has 7 nitrogen and oxygen atoms in total. The Kier molecular flexibility index (Phi) is 5.02. The Morgan fingerprint density at radius 1 is 1.18 bits per heavy atom. The van der Waals surface area contributed by atoms with Gasteiger partial charge in [0.2, 0.25) is 0 Å². The SMILES string of the molecule is Cn1cc(-c2cccc(Nc3ccc(C4CC4)cc3F)c2CO)c2cc(C(=O)O)[nH]c2c1=O. The Hall–Kier alpha value is -3.91. The van der Waals surface area contributed by atoms with Crippen LogP contribution in [0.15, 0.2) is 53.5 Å². The number of aromatic amines is 1. The van der Waals surface area contributed by atoms with Gasteiger partial charge in [-0.05, 0) is 54.2 Å². The fourth-order valence-electron chi connectivity index (χ4n) is 4.24. The quantitative estimate of drug-likeness (QED) is 0.349. The van der Waals surface area contributed by atoms with Crippen molar-refractivity contribution in [1.29, 1.82) is 0 Å². The molecule has 0 radical (unpaired) electrons. The first-order valence-electron chi connectivity index (χ1n) is 10.6. The number of halogens is 1. The summed E-state index contributed by atoms with van der Waals surface area (Å²) in [5.74, 6) is -1.11. The lowest BCUT2D eigenvalue weighted by Crippen LogP contribution is -2.17. The third-order valence-corrected chi connectivity index (χ3v) is 6.13. The molecule has 33 heavy (non-hydrogen) atoms. The summed E-state index contributed by atoms with van der Waals surface area (Å²) in [5.41, 5.74) is 3.19. The number of rotatable bonds is 6. The van der Waals surface area contributed by atoms with Crippen LogP contribution in [0.25, 0.3) is 22.0 Å². The third-order valence-electron chi connectivity index (χ3n) is 6.13. The van der Waals surface area contributed by atoms with Crippen molar-refractivity contribution in [1.82, 2.24) is 9.55 Å². The van der Waals surface area contributed by atoms with Crippen molar-refractivity contribution in [3.05, 3.63) is 81.7 Å². The first-order chi connectivity index (χ1) is 15.9. The van der Waals surface area contributed by atoms with Gasteiger partial charge in [-0.3, -0.25) is 4.79 Å². The number of aliphatic hydroxyl groups excluding tert-OH is 1. The highest BCUT2D eigenvalue weighted by molar-refractivity contribution is 6.01. The maximum Gasteiger partial charge on any atom is 0.352 e. The molecule has 1 aliphatic carbocycles. The molecule has 0 saturated heterocycles. The predicted molar refractivity (Wildman–Crippen MR) is 124 cm³/mol. The van der Waals surface area contributed by atoms with E-state index in [9.17, 15) is 24.2 Å². The van der Waals surface area contributed by atoms with Gasteiger partial charge in [-0.15, -0.1) is 0 Å². The lowest BCUT2D eigenvalue weighted by atomic mass is 9.97. The number of nitrogens with one attached hydrogen (secondary N) is 2. The van der Waals surface area contributed by atoms with E-state index in [1.807, 2.05) is 6.07 Å². The number of pyridine rings is 1. The highest BCUT2D eigenvalue weighted by Gasteiger charge is 2.24. The minimum Gasteiger partial charge on any atom is -0.477 e. The summed E-state index contributed by atoms with van der Waals surface area (Å²) < 4.78 is 16.1. The van der Waals surface area contributed by atoms with E-state index in [4.69, 9.17) is 0 Å². The van der Waals surface area contributed by atoms with E-state index in [1.54, 1.807) is 43.6 Å². The Balaban J connectivity index is 1.63. The van der Waals surface area contributed by atoms with Gasteiger partial charge in [0.05, 0.1) is 12.3 Å². The topological polar surface area (TPSA) is 107 Å². The molecule has 0 bridgehead atoms. The monoisotopic (exact) mass is 447 g/mol. The number of carboxylic acids is 1. The minimum atomic E-state index is -1.18. The van der Waals surface area contributed by atoms with Crippen LogP contribution in [0.4, 0.5) is 15.8 Å². The van der Waals surface area contributed by atoms with Gasteiger partial charge < -0.3 is 25.1 Å². The number of benzene rings is 2. The Morgan fingerprint density at radius 2 is 1.97 bits per heavy atom. The number of H-pyrrole nitrogens is 1. The van der Waals surface area contributed by atoms with Crippen LogP contribution < -0.4 is 10.9 Å². The smallest absolute Gasteiger partial charge is 0.352 e. The Labute approximate surface area is 188 Å². The van der Waals surface area contributed by atoms with Crippen LogP contribution in [-0.2, 0) is 13.7 Å². The summed E-state index contributed by atoms with van der Waals surface area (Å²) in [6.45, 7) is -0.346. The molecule has 1 saturated carbocycles. The fourth-order valence-corrected chi connectivity index (χ4v) is 4.24. The molecule has 4 N–H and O–H groups in total. The van der Waals surface area contributed by atoms with Crippen molar-refractivity contribution in [2.45, 2.75) is 25.4 Å². The Morgan fingerprint density at radius 3 is 2.64 bits per heavy atom. The molecule has 2 aromatic heterocycles. The highest BCUT2D eigenvalue weighted by Crippen LogP contribution is 2.41. The average molecular weight is 447 g/mol. The number of carboxylic acid groups (broad SMARTS) is 1. The third kappa shape index (κ3) is 3.68. The molecule has 4 aromatic rings. The highest BCUT2D eigenvalue weighted by atomic mass is 19.1. The molecular weight excluding hydrogens is 425 g/mol. The maximum atomic E-state index is 14.7. The second-order valence-electron chi connectivity index (χ2n) is 8.36. The van der Waals surface area contributed by atoms with Crippen LogP contribution >= 0.6 is 0 Å². The summed E-state index contributed by atoms with van der Waals surface area (Å²) in [5, 5.41) is 23.1. The molecule has 0 amide bonds. The standard InChI is InChI=1S/C25H22FN3O4/c1-29-11-17(16-10-22(25(32)33)28-23(16)24(29)31)15-3-2-4-20(18(15)12-30)27-21-8-7-14(9-19(21)26)13-5-6-13/h2-4,7-11,13,27-28,30H,5-6,12H2,1H3,(H,32,33). The number of aromatic carboxylic acids is 1. The van der Waals surface area contributed by atoms with Crippen molar-refractivity contribution >= 4 is 28.2 Å². The van der Waals surface area contributed by atoms with E-state index in [2.05, 4.69) is 10.3 Å². The Bertz CT molecular complexity index is 1470. The fraction of sp³-hybridized carbons (Fsp3) is 0.200. The first kappa shape index (κ1) is 21.0. The minimum absolute atomic E-state index is 0.104. The van der Waals surface area contributed by atoms with Crippen LogP contribution in [0.3, 0.4) is 0 Å². The van der Waals surface area contributed by atoms with Crippen LogP contribution in [-0.4, -0.2) is 25.7 Å². The van der Waals surface area contributed by atoms with Crippen molar-refractivity contribution < 1.29 is 19.4 Å². The predicted octanol–water partition coefficient (Wildman–Crippen LogP) is 4.48. The van der Waals surface area contributed by atoms with Gasteiger partial charge in [-0.25, -0.2) is 9.18 Å². The molecule has 2 aromatic carbocycles. The van der Waals surface area contributed by atoms with Gasteiger partial charge in [0, 0.05) is 35.4 Å². The molecule has 1 fully saturated rings. The number of aromatic nitrogens is 2. The summed E-state index contributed by atoms with van der Waals surface area (Å²) in [6, 6.07) is 11.8. The summed E-state index contributed by atoms with van der Waals surface area (Å²) in [4.78, 5) is 26.7. The number of carbonyl (C=O) groups is 1. The normalized spacial score (nSPS) is 13.4. The molecule has 0 atom stereocenters. The van der Waals surface area contributed by atoms with Crippen LogP contribution in [0.2, 0.25) is 0 Å². The second kappa shape index (κ2) is 7.90. The lowest BCUT2D eigenvalue weighted by Gasteiger charge is -2.17. The zero-order valence-corrected chi connectivity index (χ0v) is 17.9. The number of fused-ring (bicyclic) bond motifs is 1. The van der Waals surface area contributed by atoms with Gasteiger partial charge in [0.15, 0.2) is 0 Å². The number of hydrogen-bond donors (Lipinski definition) is 4. The van der Waals surface area contributed by atoms with Crippen LogP contribution in [0.1, 0.15) is 40.4 Å². The average Bonchev–Trinajstić information content (AvgIpc) is 3.55. The van der Waals surface area contributed by atoms with E-state index in [1.165, 1.54) is 10.6 Å². The molecule has 168 valence electrons. The number of nitrogens with zero attached hydrogens (tertiary/aromatic N) is 1. The number of anilines is 2. The number of aliphatic hydroxyl groups is 1. The molecule has 8 heteroatoms. The molecule has 1 aliphatic rings. The molecule has 0 unspecified atom stereocenters. The van der Waals surface area contributed by atoms with Gasteiger partial charge in [0.25, 0.3) is 5.56 Å². The van der Waals surface area contributed by atoms with Crippen molar-refractivity contribution in [3.63, 3.8) is 0 Å². The van der Waals surface area contributed by atoms with E-state index in [-0.39, 0.29) is 29.2 Å². The maximum absolute atomic E-state index is 14.7. The number of hydrogen-bond acceptors (Lipinski definition) is 4. The molecule has 0 spiro atoms. The zero-order valence-electron chi connectivity index (χ0n) is 17.9. The van der Waals surface area contributed by atoms with Crippen LogP contribution in [0.5, 0.6) is 0 Å². The van der Waals surface area contributed by atoms with Crippen molar-refractivity contribution in [3.8, 4) is 11.1 Å². The molecule has 2 heterocycles. The lowest BCUT2D eigenvalue weighted by molar-refractivity contribution is 0.0691. The summed E-state index contributed by atoms with van der Waals surface area (Å²) in [7, 11) is 1.57. The molecule has 0 aliphatic heterocycles. The van der Waals surface area contributed by atoms with E-state index in [0.717, 1.165) is 18.4 Å². The number of aryl methyl sites for hydroxylation is 1. The second-order valence-corrected chi connectivity index (χ2v) is 8.36. The van der Waals surface area contributed by atoms with E-state index in [0.29, 0.717) is 39.4 Å². The van der Waals surface area contributed by atoms with Gasteiger partial charge in [0.1, 0.15) is 17.0 Å². The van der Waals surface area contributed by atoms with Crippen molar-refractivity contribution in [2.24, 2.45) is 7.05 Å². The van der Waals surface area contributed by atoms with Crippen molar-refractivity contribution in [2.75, 3.05) is 5.32 Å². The van der Waals surface area contributed by atoms with Gasteiger partial charge in [-0.2, -0.15) is 0 Å². The largest absolute Gasteiger partial charge is 0.477 e. The zero-order chi connectivity index (χ0) is 23.3. The van der Waals surface area contributed by atoms with E-state index < -0.39 is 5.97 Å². The first-order valence-corrected chi connectivity index (χ1v) is 10.6. The summed E-state index contributed by atoms with van der Waals surface area (Å²) in [6.07, 6.45) is 3.77. The molecule has 5 rings (SSSR count). The van der Waals surface area contributed by atoms with Gasteiger partial charge in [-0.1, -0.05) is 18.2 Å².